The Morgan fingerprint density at radius 3 is 2.67 bits per heavy atom. The van der Waals surface area contributed by atoms with E-state index in [4.69, 9.17) is 5.73 Å². The van der Waals surface area contributed by atoms with Gasteiger partial charge in [0.25, 0.3) is 0 Å². The summed E-state index contributed by atoms with van der Waals surface area (Å²) in [5.41, 5.74) is 5.28. The van der Waals surface area contributed by atoms with Crippen LogP contribution in [-0.4, -0.2) is 49.7 Å². The highest BCUT2D eigenvalue weighted by Crippen LogP contribution is 1.92. The molecule has 0 aromatic rings. The van der Waals surface area contributed by atoms with Gasteiger partial charge in [-0.15, -0.1) is 0 Å². The molecule has 15 heavy (non-hydrogen) atoms. The zero-order valence-electron chi connectivity index (χ0n) is 8.81. The molecule has 6 heteroatoms. The van der Waals surface area contributed by atoms with Crippen LogP contribution in [0.2, 0.25) is 0 Å². The first-order valence-corrected chi connectivity index (χ1v) is 4.74. The summed E-state index contributed by atoms with van der Waals surface area (Å²) in [6.45, 7) is 0.435. The van der Waals surface area contributed by atoms with Gasteiger partial charge in [0.15, 0.2) is 0 Å². The Hall–Kier alpha value is -1.43. The van der Waals surface area contributed by atoms with Crippen LogP contribution in [0.1, 0.15) is 12.8 Å². The molecule has 0 spiro atoms. The first kappa shape index (κ1) is 13.6. The minimum absolute atomic E-state index is 0.0452. The molecule has 0 saturated carbocycles. The second-order valence-corrected chi connectivity index (χ2v) is 3.26. The SMILES string of the molecule is CN(C=O)CC(=O)N[C@H](C=O)CCCN. The van der Waals surface area contributed by atoms with E-state index in [1.807, 2.05) is 0 Å². The first-order chi connectivity index (χ1) is 7.13. The van der Waals surface area contributed by atoms with Crippen LogP contribution in [-0.2, 0) is 14.4 Å². The fourth-order valence-electron chi connectivity index (χ4n) is 1.03. The van der Waals surface area contributed by atoms with E-state index in [1.165, 1.54) is 11.9 Å². The topological polar surface area (TPSA) is 92.5 Å². The molecule has 0 rings (SSSR count). The molecular weight excluding hydrogens is 198 g/mol. The number of aldehydes is 1. The Balaban J connectivity index is 3.89. The van der Waals surface area contributed by atoms with Gasteiger partial charge >= 0.3 is 0 Å². The average Bonchev–Trinajstić information content (AvgIpc) is 2.23. The summed E-state index contributed by atoms with van der Waals surface area (Å²) in [6, 6.07) is -0.513. The van der Waals surface area contributed by atoms with Crippen molar-refractivity contribution in [3.05, 3.63) is 0 Å². The quantitative estimate of drug-likeness (QED) is 0.482. The zero-order chi connectivity index (χ0) is 11.7. The summed E-state index contributed by atoms with van der Waals surface area (Å²) in [5.74, 6) is -0.348. The van der Waals surface area contributed by atoms with E-state index in [0.717, 1.165) is 0 Å². The van der Waals surface area contributed by atoms with Crippen LogP contribution >= 0.6 is 0 Å². The van der Waals surface area contributed by atoms with Gasteiger partial charge in [0.1, 0.15) is 6.29 Å². The minimum atomic E-state index is -0.513. The van der Waals surface area contributed by atoms with E-state index in [1.54, 1.807) is 0 Å². The van der Waals surface area contributed by atoms with Gasteiger partial charge in [0, 0.05) is 7.05 Å². The highest BCUT2D eigenvalue weighted by Gasteiger charge is 2.11. The standard InChI is InChI=1S/C9H17N3O3/c1-12(7-14)5-9(15)11-8(6-13)3-2-4-10/h6-8H,2-5,10H2,1H3,(H,11,15)/t8-/m0/s1. The number of likely N-dealkylation sites (N-methyl/N-ethyl adjacent to an activating group) is 1. The molecule has 6 nitrogen and oxygen atoms in total. The third-order valence-corrected chi connectivity index (χ3v) is 1.80. The van der Waals surface area contributed by atoms with Crippen LogP contribution in [0, 0.1) is 0 Å². The Morgan fingerprint density at radius 2 is 2.20 bits per heavy atom. The van der Waals surface area contributed by atoms with Crippen LogP contribution in [0.5, 0.6) is 0 Å². The van der Waals surface area contributed by atoms with Crippen molar-refractivity contribution in [3.63, 3.8) is 0 Å². The maximum Gasteiger partial charge on any atom is 0.240 e. The third-order valence-electron chi connectivity index (χ3n) is 1.80. The molecule has 0 aromatic carbocycles. The number of nitrogens with one attached hydrogen (secondary N) is 1. The van der Waals surface area contributed by atoms with Crippen molar-refractivity contribution in [1.29, 1.82) is 0 Å². The van der Waals surface area contributed by atoms with E-state index in [2.05, 4.69) is 5.32 Å². The van der Waals surface area contributed by atoms with Crippen molar-refractivity contribution in [2.75, 3.05) is 20.1 Å². The summed E-state index contributed by atoms with van der Waals surface area (Å²) in [6.07, 6.45) is 2.42. The third kappa shape index (κ3) is 6.62. The molecule has 0 saturated heterocycles. The van der Waals surface area contributed by atoms with E-state index < -0.39 is 6.04 Å². The van der Waals surface area contributed by atoms with Gasteiger partial charge in [0.2, 0.25) is 12.3 Å². The lowest BCUT2D eigenvalue weighted by Gasteiger charge is -2.14. The fraction of sp³-hybridized carbons (Fsp3) is 0.667. The lowest BCUT2D eigenvalue weighted by Crippen LogP contribution is -2.41. The molecule has 0 bridgehead atoms. The number of hydrogen-bond acceptors (Lipinski definition) is 4. The molecule has 0 aromatic heterocycles. The highest BCUT2D eigenvalue weighted by molar-refractivity contribution is 5.82. The molecule has 0 radical (unpaired) electrons. The van der Waals surface area contributed by atoms with Crippen LogP contribution in [0.25, 0.3) is 0 Å². The van der Waals surface area contributed by atoms with Crippen molar-refractivity contribution in [1.82, 2.24) is 10.2 Å². The summed E-state index contributed by atoms with van der Waals surface area (Å²) in [5, 5.41) is 2.50. The average molecular weight is 215 g/mol. The lowest BCUT2D eigenvalue weighted by atomic mass is 10.2. The van der Waals surface area contributed by atoms with Crippen molar-refractivity contribution in [3.8, 4) is 0 Å². The molecule has 0 aliphatic heterocycles. The number of amides is 2. The smallest absolute Gasteiger partial charge is 0.240 e. The monoisotopic (exact) mass is 215 g/mol. The fourth-order valence-corrected chi connectivity index (χ4v) is 1.03. The van der Waals surface area contributed by atoms with E-state index in [0.29, 0.717) is 32.1 Å². The first-order valence-electron chi connectivity index (χ1n) is 4.74. The van der Waals surface area contributed by atoms with Gasteiger partial charge in [-0.1, -0.05) is 0 Å². The van der Waals surface area contributed by atoms with Crippen LogP contribution < -0.4 is 11.1 Å². The minimum Gasteiger partial charge on any atom is -0.345 e. The number of rotatable bonds is 8. The lowest BCUT2D eigenvalue weighted by molar-refractivity contribution is -0.128. The molecule has 0 unspecified atom stereocenters. The molecule has 0 aliphatic carbocycles. The van der Waals surface area contributed by atoms with E-state index in [-0.39, 0.29) is 12.5 Å². The van der Waals surface area contributed by atoms with Crippen LogP contribution in [0.4, 0.5) is 0 Å². The van der Waals surface area contributed by atoms with Gasteiger partial charge in [-0.3, -0.25) is 9.59 Å². The normalized spacial score (nSPS) is 11.6. The summed E-state index contributed by atoms with van der Waals surface area (Å²) >= 11 is 0. The van der Waals surface area contributed by atoms with Crippen LogP contribution in [0.15, 0.2) is 0 Å². The summed E-state index contributed by atoms with van der Waals surface area (Å²) in [4.78, 5) is 33.2. The number of nitrogens with two attached hydrogens (primary N) is 1. The van der Waals surface area contributed by atoms with Gasteiger partial charge in [-0.05, 0) is 19.4 Å². The molecule has 1 atom stereocenters. The van der Waals surface area contributed by atoms with Gasteiger partial charge < -0.3 is 20.7 Å². The molecule has 0 aliphatic rings. The predicted molar refractivity (Wildman–Crippen MR) is 55.0 cm³/mol. The predicted octanol–water partition coefficient (Wildman–Crippen LogP) is -1.50. The Kier molecular flexibility index (Phi) is 7.17. The second kappa shape index (κ2) is 7.93. The van der Waals surface area contributed by atoms with Crippen molar-refractivity contribution >= 4 is 18.6 Å². The molecule has 0 heterocycles. The Morgan fingerprint density at radius 1 is 1.53 bits per heavy atom. The largest absolute Gasteiger partial charge is 0.345 e. The number of nitrogens with zero attached hydrogens (tertiary/aromatic N) is 1. The van der Waals surface area contributed by atoms with E-state index >= 15 is 0 Å². The Bertz CT molecular complexity index is 221. The highest BCUT2D eigenvalue weighted by atomic mass is 16.2. The molecular formula is C9H17N3O3. The number of hydrogen-bond donors (Lipinski definition) is 2. The number of carbonyl (C=O) groups excluding carboxylic acids is 3. The Labute approximate surface area is 88.8 Å². The van der Waals surface area contributed by atoms with Gasteiger partial charge in [-0.25, -0.2) is 0 Å². The molecule has 86 valence electrons. The second-order valence-electron chi connectivity index (χ2n) is 3.26. The van der Waals surface area contributed by atoms with E-state index in [9.17, 15) is 14.4 Å². The van der Waals surface area contributed by atoms with Gasteiger partial charge in [-0.2, -0.15) is 0 Å². The van der Waals surface area contributed by atoms with Crippen molar-refractivity contribution in [2.24, 2.45) is 5.73 Å². The number of carbonyl (C=O) groups is 3. The van der Waals surface area contributed by atoms with Crippen molar-refractivity contribution < 1.29 is 14.4 Å². The summed E-state index contributed by atoms with van der Waals surface area (Å²) in [7, 11) is 1.49. The zero-order valence-corrected chi connectivity index (χ0v) is 8.81. The maximum absolute atomic E-state index is 11.2. The van der Waals surface area contributed by atoms with Gasteiger partial charge in [0.05, 0.1) is 12.6 Å². The molecule has 3 N–H and O–H groups in total. The van der Waals surface area contributed by atoms with Crippen LogP contribution in [0.3, 0.4) is 0 Å². The van der Waals surface area contributed by atoms with Crippen molar-refractivity contribution in [2.45, 2.75) is 18.9 Å². The summed E-state index contributed by atoms with van der Waals surface area (Å²) < 4.78 is 0. The molecule has 0 fully saturated rings. The maximum atomic E-state index is 11.2. The molecule has 2 amide bonds.